The molecule has 3 nitrogen and oxygen atoms in total. The van der Waals surface area contributed by atoms with Crippen LogP contribution in [0.25, 0.3) is 0 Å². The Balaban J connectivity index is 2.53. The van der Waals surface area contributed by atoms with E-state index in [4.69, 9.17) is 9.47 Å². The number of benzene rings is 1. The third-order valence-electron chi connectivity index (χ3n) is 3.25. The summed E-state index contributed by atoms with van der Waals surface area (Å²) >= 11 is 0. The number of hydrogen-bond acceptors (Lipinski definition) is 3. The standard InChI is InChI=1S/C13H18O3/c1-9-4-10(2)12(15-3)11(5-9)13(6-14)7-16-8-13/h4-5,14H,6-8H2,1-3H3. The summed E-state index contributed by atoms with van der Waals surface area (Å²) in [6.45, 7) is 5.33. The summed E-state index contributed by atoms with van der Waals surface area (Å²) in [4.78, 5) is 0. The number of aryl methyl sites for hydroxylation is 2. The van der Waals surface area contributed by atoms with E-state index in [0.29, 0.717) is 13.2 Å². The molecule has 0 amide bonds. The van der Waals surface area contributed by atoms with Crippen molar-refractivity contribution in [1.82, 2.24) is 0 Å². The second-order valence-corrected chi connectivity index (χ2v) is 4.59. The molecule has 0 spiro atoms. The van der Waals surface area contributed by atoms with Crippen molar-refractivity contribution in [2.75, 3.05) is 26.9 Å². The van der Waals surface area contributed by atoms with Crippen molar-refractivity contribution < 1.29 is 14.6 Å². The summed E-state index contributed by atoms with van der Waals surface area (Å²) in [5, 5.41) is 9.56. The van der Waals surface area contributed by atoms with Crippen molar-refractivity contribution in [3.05, 3.63) is 28.8 Å². The molecule has 0 atom stereocenters. The number of hydrogen-bond donors (Lipinski definition) is 1. The van der Waals surface area contributed by atoms with Gasteiger partial charge in [0.15, 0.2) is 0 Å². The maximum Gasteiger partial charge on any atom is 0.125 e. The monoisotopic (exact) mass is 222 g/mol. The molecule has 0 bridgehead atoms. The molecule has 1 N–H and O–H groups in total. The van der Waals surface area contributed by atoms with E-state index in [1.807, 2.05) is 6.92 Å². The average Bonchev–Trinajstić information content (AvgIpc) is 2.16. The Bertz CT molecular complexity index is 389. The van der Waals surface area contributed by atoms with Gasteiger partial charge in [0.1, 0.15) is 5.75 Å². The van der Waals surface area contributed by atoms with Gasteiger partial charge < -0.3 is 14.6 Å². The molecule has 0 aromatic heterocycles. The van der Waals surface area contributed by atoms with E-state index in [0.717, 1.165) is 16.9 Å². The third kappa shape index (κ3) is 1.60. The number of ether oxygens (including phenoxy) is 2. The number of rotatable bonds is 3. The average molecular weight is 222 g/mol. The van der Waals surface area contributed by atoms with Gasteiger partial charge >= 0.3 is 0 Å². The normalized spacial score (nSPS) is 18.0. The van der Waals surface area contributed by atoms with Gasteiger partial charge in [-0.2, -0.15) is 0 Å². The number of aliphatic hydroxyl groups is 1. The molecule has 0 unspecified atom stereocenters. The van der Waals surface area contributed by atoms with Gasteiger partial charge in [-0.25, -0.2) is 0 Å². The molecule has 0 aliphatic carbocycles. The molecule has 0 radical (unpaired) electrons. The van der Waals surface area contributed by atoms with Crippen molar-refractivity contribution in [2.45, 2.75) is 19.3 Å². The molecule has 1 aliphatic rings. The van der Waals surface area contributed by atoms with Crippen LogP contribution in [0, 0.1) is 13.8 Å². The van der Waals surface area contributed by atoms with E-state index < -0.39 is 0 Å². The van der Waals surface area contributed by atoms with Crippen LogP contribution in [0.3, 0.4) is 0 Å². The summed E-state index contributed by atoms with van der Waals surface area (Å²) in [5.41, 5.74) is 3.11. The first-order valence-electron chi connectivity index (χ1n) is 5.47. The highest BCUT2D eigenvalue weighted by Crippen LogP contribution is 2.39. The highest BCUT2D eigenvalue weighted by Gasteiger charge is 2.42. The fourth-order valence-electron chi connectivity index (χ4n) is 2.30. The molecule has 1 saturated heterocycles. The van der Waals surface area contributed by atoms with Crippen LogP contribution < -0.4 is 4.74 Å². The molecule has 1 aromatic rings. The van der Waals surface area contributed by atoms with Crippen LogP contribution in [0.4, 0.5) is 0 Å². The number of methoxy groups -OCH3 is 1. The first kappa shape index (κ1) is 11.4. The van der Waals surface area contributed by atoms with Gasteiger partial charge in [0.05, 0.1) is 32.3 Å². The van der Waals surface area contributed by atoms with E-state index in [-0.39, 0.29) is 12.0 Å². The van der Waals surface area contributed by atoms with Crippen molar-refractivity contribution in [3.63, 3.8) is 0 Å². The largest absolute Gasteiger partial charge is 0.496 e. The summed E-state index contributed by atoms with van der Waals surface area (Å²) in [6, 6.07) is 4.18. The Morgan fingerprint density at radius 2 is 2.06 bits per heavy atom. The van der Waals surface area contributed by atoms with Crippen molar-refractivity contribution in [1.29, 1.82) is 0 Å². The van der Waals surface area contributed by atoms with Crippen LogP contribution in [0.15, 0.2) is 12.1 Å². The Hall–Kier alpha value is -1.06. The van der Waals surface area contributed by atoms with Gasteiger partial charge in [-0.1, -0.05) is 17.7 Å². The third-order valence-corrected chi connectivity index (χ3v) is 3.25. The van der Waals surface area contributed by atoms with Crippen LogP contribution in [-0.2, 0) is 10.2 Å². The molecule has 88 valence electrons. The second kappa shape index (κ2) is 4.07. The lowest BCUT2D eigenvalue weighted by Crippen LogP contribution is -2.50. The van der Waals surface area contributed by atoms with Crippen molar-refractivity contribution in [3.8, 4) is 5.75 Å². The van der Waals surface area contributed by atoms with Gasteiger partial charge in [-0.05, 0) is 19.4 Å². The zero-order valence-electron chi connectivity index (χ0n) is 10.0. The quantitative estimate of drug-likeness (QED) is 0.843. The Labute approximate surface area is 96.0 Å². The van der Waals surface area contributed by atoms with E-state index in [1.54, 1.807) is 7.11 Å². The zero-order valence-corrected chi connectivity index (χ0v) is 10.0. The topological polar surface area (TPSA) is 38.7 Å². The fraction of sp³-hybridized carbons (Fsp3) is 0.538. The molecular formula is C13H18O3. The molecule has 3 heteroatoms. The minimum atomic E-state index is -0.262. The SMILES string of the molecule is COc1c(C)cc(C)cc1C1(CO)COC1. The predicted molar refractivity (Wildman–Crippen MR) is 62.1 cm³/mol. The van der Waals surface area contributed by atoms with Gasteiger partial charge in [0.25, 0.3) is 0 Å². The summed E-state index contributed by atoms with van der Waals surface area (Å²) in [6.07, 6.45) is 0. The summed E-state index contributed by atoms with van der Waals surface area (Å²) < 4.78 is 10.7. The number of aliphatic hydroxyl groups excluding tert-OH is 1. The van der Waals surface area contributed by atoms with Crippen LogP contribution in [-0.4, -0.2) is 32.0 Å². The summed E-state index contributed by atoms with van der Waals surface area (Å²) in [5.74, 6) is 0.878. The Morgan fingerprint density at radius 1 is 1.38 bits per heavy atom. The van der Waals surface area contributed by atoms with Crippen LogP contribution in [0.2, 0.25) is 0 Å². The van der Waals surface area contributed by atoms with Crippen molar-refractivity contribution >= 4 is 0 Å². The minimum absolute atomic E-state index is 0.103. The van der Waals surface area contributed by atoms with Gasteiger partial charge in [0.2, 0.25) is 0 Å². The molecule has 2 rings (SSSR count). The summed E-state index contributed by atoms with van der Waals surface area (Å²) in [7, 11) is 1.67. The van der Waals surface area contributed by atoms with Gasteiger partial charge in [0, 0.05) is 5.56 Å². The van der Waals surface area contributed by atoms with Crippen LogP contribution >= 0.6 is 0 Å². The highest BCUT2D eigenvalue weighted by atomic mass is 16.5. The predicted octanol–water partition coefficient (Wildman–Crippen LogP) is 1.57. The smallest absolute Gasteiger partial charge is 0.125 e. The first-order valence-corrected chi connectivity index (χ1v) is 5.47. The van der Waals surface area contributed by atoms with E-state index in [1.165, 1.54) is 5.56 Å². The molecular weight excluding hydrogens is 204 g/mol. The highest BCUT2D eigenvalue weighted by molar-refractivity contribution is 5.49. The molecule has 16 heavy (non-hydrogen) atoms. The lowest BCUT2D eigenvalue weighted by Gasteiger charge is -2.41. The molecule has 1 heterocycles. The molecule has 1 aromatic carbocycles. The maximum absolute atomic E-state index is 9.56. The molecule has 1 fully saturated rings. The molecule has 1 aliphatic heterocycles. The van der Waals surface area contributed by atoms with Crippen LogP contribution in [0.5, 0.6) is 5.75 Å². The lowest BCUT2D eigenvalue weighted by molar-refractivity contribution is -0.0850. The van der Waals surface area contributed by atoms with E-state index >= 15 is 0 Å². The van der Waals surface area contributed by atoms with E-state index in [2.05, 4.69) is 19.1 Å². The Morgan fingerprint density at radius 3 is 2.50 bits per heavy atom. The minimum Gasteiger partial charge on any atom is -0.496 e. The Kier molecular flexibility index (Phi) is 2.91. The first-order chi connectivity index (χ1) is 7.63. The van der Waals surface area contributed by atoms with E-state index in [9.17, 15) is 5.11 Å². The van der Waals surface area contributed by atoms with Crippen molar-refractivity contribution in [2.24, 2.45) is 0 Å². The van der Waals surface area contributed by atoms with Gasteiger partial charge in [-0.15, -0.1) is 0 Å². The lowest BCUT2D eigenvalue weighted by atomic mass is 9.77. The molecule has 0 saturated carbocycles. The second-order valence-electron chi connectivity index (χ2n) is 4.59. The fourth-order valence-corrected chi connectivity index (χ4v) is 2.30. The van der Waals surface area contributed by atoms with Crippen LogP contribution in [0.1, 0.15) is 16.7 Å². The van der Waals surface area contributed by atoms with Gasteiger partial charge in [-0.3, -0.25) is 0 Å². The maximum atomic E-state index is 9.56. The zero-order chi connectivity index (χ0) is 11.8.